The summed E-state index contributed by atoms with van der Waals surface area (Å²) in [6.45, 7) is 0. The fourth-order valence-corrected chi connectivity index (χ4v) is 1.56. The number of carboxylic acid groups (broad SMARTS) is 1. The van der Waals surface area contributed by atoms with E-state index < -0.39 is 5.97 Å². The standard InChI is InChI=1S/C11H8ClN3O2/c12-7-4-2-1-3-6(7)10-14-8(11(16)17)5-9(13)15-10/h1-5H,(H,16,17)(H2,13,14,15). The fraction of sp³-hybridized carbons (Fsp3) is 0. The van der Waals surface area contributed by atoms with E-state index in [4.69, 9.17) is 22.4 Å². The molecule has 1 aromatic carbocycles. The number of hydrogen-bond acceptors (Lipinski definition) is 4. The van der Waals surface area contributed by atoms with E-state index in [0.29, 0.717) is 10.6 Å². The lowest BCUT2D eigenvalue weighted by Gasteiger charge is -2.04. The highest BCUT2D eigenvalue weighted by Gasteiger charge is 2.12. The number of nitrogen functional groups attached to an aromatic ring is 1. The van der Waals surface area contributed by atoms with Crippen molar-refractivity contribution in [3.05, 3.63) is 41.0 Å². The van der Waals surface area contributed by atoms with Gasteiger partial charge in [0.1, 0.15) is 5.82 Å². The molecule has 86 valence electrons. The summed E-state index contributed by atoms with van der Waals surface area (Å²) in [6, 6.07) is 8.08. The zero-order valence-corrected chi connectivity index (χ0v) is 9.35. The molecule has 0 radical (unpaired) electrons. The third-order valence-electron chi connectivity index (χ3n) is 2.08. The Morgan fingerprint density at radius 3 is 2.65 bits per heavy atom. The van der Waals surface area contributed by atoms with E-state index in [0.717, 1.165) is 0 Å². The third kappa shape index (κ3) is 2.34. The summed E-state index contributed by atoms with van der Waals surface area (Å²) in [5.74, 6) is -0.868. The molecule has 0 unspecified atom stereocenters. The molecule has 0 bridgehead atoms. The zero-order valence-electron chi connectivity index (χ0n) is 8.59. The second kappa shape index (κ2) is 4.39. The van der Waals surface area contributed by atoms with Gasteiger partial charge in [0.15, 0.2) is 11.5 Å². The maximum atomic E-state index is 10.8. The van der Waals surface area contributed by atoms with Crippen LogP contribution in [0, 0.1) is 0 Å². The Hall–Kier alpha value is -2.14. The molecule has 3 N–H and O–H groups in total. The molecule has 6 heteroatoms. The second-order valence-corrected chi connectivity index (χ2v) is 3.69. The molecule has 0 atom stereocenters. The summed E-state index contributed by atoms with van der Waals surface area (Å²) in [5.41, 5.74) is 5.91. The Labute approximate surface area is 102 Å². The summed E-state index contributed by atoms with van der Waals surface area (Å²) >= 11 is 5.97. The first-order valence-electron chi connectivity index (χ1n) is 4.70. The molecule has 1 aromatic heterocycles. The number of carboxylic acids is 1. The van der Waals surface area contributed by atoms with Gasteiger partial charge in [-0.2, -0.15) is 0 Å². The Kier molecular flexibility index (Phi) is 2.93. The van der Waals surface area contributed by atoms with Crippen LogP contribution in [-0.2, 0) is 0 Å². The Morgan fingerprint density at radius 2 is 2.00 bits per heavy atom. The van der Waals surface area contributed by atoms with Crippen molar-refractivity contribution in [3.8, 4) is 11.4 Å². The largest absolute Gasteiger partial charge is 0.477 e. The van der Waals surface area contributed by atoms with Crippen molar-refractivity contribution in [2.75, 3.05) is 5.73 Å². The molecule has 0 saturated heterocycles. The van der Waals surface area contributed by atoms with Crippen LogP contribution in [0.5, 0.6) is 0 Å². The monoisotopic (exact) mass is 249 g/mol. The molecule has 0 spiro atoms. The predicted octanol–water partition coefficient (Wildman–Crippen LogP) is 2.08. The van der Waals surface area contributed by atoms with Crippen LogP contribution < -0.4 is 5.73 Å². The van der Waals surface area contributed by atoms with Crippen molar-refractivity contribution in [3.63, 3.8) is 0 Å². The molecule has 2 aromatic rings. The maximum Gasteiger partial charge on any atom is 0.354 e. The van der Waals surface area contributed by atoms with Gasteiger partial charge in [-0.15, -0.1) is 0 Å². The van der Waals surface area contributed by atoms with Crippen molar-refractivity contribution in [1.29, 1.82) is 0 Å². The minimum absolute atomic E-state index is 0.0901. The minimum Gasteiger partial charge on any atom is -0.477 e. The van der Waals surface area contributed by atoms with Gasteiger partial charge in [0.25, 0.3) is 0 Å². The van der Waals surface area contributed by atoms with Gasteiger partial charge < -0.3 is 10.8 Å². The predicted molar refractivity (Wildman–Crippen MR) is 63.8 cm³/mol. The number of anilines is 1. The van der Waals surface area contributed by atoms with Gasteiger partial charge in [0.05, 0.1) is 5.02 Å². The van der Waals surface area contributed by atoms with Crippen molar-refractivity contribution in [2.45, 2.75) is 0 Å². The van der Waals surface area contributed by atoms with Gasteiger partial charge in [-0.3, -0.25) is 0 Å². The van der Waals surface area contributed by atoms with Gasteiger partial charge >= 0.3 is 5.97 Å². The number of nitrogens with zero attached hydrogens (tertiary/aromatic N) is 2. The van der Waals surface area contributed by atoms with Crippen LogP contribution in [-0.4, -0.2) is 21.0 Å². The lowest BCUT2D eigenvalue weighted by molar-refractivity contribution is 0.0690. The summed E-state index contributed by atoms with van der Waals surface area (Å²) in [6.07, 6.45) is 0. The van der Waals surface area contributed by atoms with Gasteiger partial charge in [-0.25, -0.2) is 14.8 Å². The topological polar surface area (TPSA) is 89.1 Å². The Morgan fingerprint density at radius 1 is 1.29 bits per heavy atom. The van der Waals surface area contributed by atoms with Crippen LogP contribution in [0.3, 0.4) is 0 Å². The smallest absolute Gasteiger partial charge is 0.354 e. The Bertz CT molecular complexity index is 587. The molecule has 0 fully saturated rings. The molecular formula is C11H8ClN3O2. The summed E-state index contributed by atoms with van der Waals surface area (Å²) < 4.78 is 0. The van der Waals surface area contributed by atoms with E-state index in [1.165, 1.54) is 6.07 Å². The normalized spacial score (nSPS) is 10.2. The van der Waals surface area contributed by atoms with Gasteiger partial charge in [0.2, 0.25) is 0 Å². The van der Waals surface area contributed by atoms with E-state index >= 15 is 0 Å². The average Bonchev–Trinajstić information content (AvgIpc) is 2.28. The van der Waals surface area contributed by atoms with Crippen LogP contribution in [0.2, 0.25) is 5.02 Å². The van der Waals surface area contributed by atoms with E-state index in [1.807, 2.05) is 0 Å². The molecule has 0 saturated carbocycles. The first-order valence-corrected chi connectivity index (χ1v) is 5.08. The number of hydrogen-bond donors (Lipinski definition) is 2. The summed E-state index contributed by atoms with van der Waals surface area (Å²) in [7, 11) is 0. The highest BCUT2D eigenvalue weighted by atomic mass is 35.5. The van der Waals surface area contributed by atoms with Crippen molar-refractivity contribution >= 4 is 23.4 Å². The molecular weight excluding hydrogens is 242 g/mol. The van der Waals surface area contributed by atoms with E-state index in [-0.39, 0.29) is 17.3 Å². The molecule has 0 aliphatic heterocycles. The number of aromatic nitrogens is 2. The van der Waals surface area contributed by atoms with Crippen molar-refractivity contribution in [2.24, 2.45) is 0 Å². The number of benzene rings is 1. The second-order valence-electron chi connectivity index (χ2n) is 3.29. The first kappa shape index (κ1) is 11.3. The molecule has 0 amide bonds. The third-order valence-corrected chi connectivity index (χ3v) is 2.41. The van der Waals surface area contributed by atoms with Gasteiger partial charge in [-0.1, -0.05) is 23.7 Å². The minimum atomic E-state index is -1.16. The van der Waals surface area contributed by atoms with Crippen LogP contribution in [0.15, 0.2) is 30.3 Å². The molecule has 0 aliphatic rings. The lowest BCUT2D eigenvalue weighted by atomic mass is 10.2. The van der Waals surface area contributed by atoms with Gasteiger partial charge in [-0.05, 0) is 12.1 Å². The Balaban J connectivity index is 2.60. The van der Waals surface area contributed by atoms with E-state index in [9.17, 15) is 4.79 Å². The average molecular weight is 250 g/mol. The van der Waals surface area contributed by atoms with Crippen molar-refractivity contribution in [1.82, 2.24) is 9.97 Å². The summed E-state index contributed by atoms with van der Waals surface area (Å²) in [4.78, 5) is 18.7. The maximum absolute atomic E-state index is 10.8. The fourth-order valence-electron chi connectivity index (χ4n) is 1.34. The van der Waals surface area contributed by atoms with Gasteiger partial charge in [0, 0.05) is 11.6 Å². The van der Waals surface area contributed by atoms with E-state index in [2.05, 4.69) is 9.97 Å². The summed E-state index contributed by atoms with van der Waals surface area (Å²) in [5, 5.41) is 9.31. The molecule has 5 nitrogen and oxygen atoms in total. The SMILES string of the molecule is Nc1cc(C(=O)O)nc(-c2ccccc2Cl)n1. The van der Waals surface area contributed by atoms with Crippen LogP contribution in [0.1, 0.15) is 10.5 Å². The van der Waals surface area contributed by atoms with Crippen LogP contribution in [0.25, 0.3) is 11.4 Å². The van der Waals surface area contributed by atoms with Crippen molar-refractivity contribution < 1.29 is 9.90 Å². The highest BCUT2D eigenvalue weighted by Crippen LogP contribution is 2.25. The van der Waals surface area contributed by atoms with Crippen LogP contribution >= 0.6 is 11.6 Å². The number of rotatable bonds is 2. The highest BCUT2D eigenvalue weighted by molar-refractivity contribution is 6.33. The number of halogens is 1. The quantitative estimate of drug-likeness (QED) is 0.851. The number of nitrogens with two attached hydrogens (primary N) is 1. The molecule has 1 heterocycles. The lowest BCUT2D eigenvalue weighted by Crippen LogP contribution is -2.05. The number of aromatic carboxylic acids is 1. The molecule has 2 rings (SSSR count). The first-order chi connectivity index (χ1) is 8.08. The molecule has 0 aliphatic carbocycles. The zero-order chi connectivity index (χ0) is 12.4. The van der Waals surface area contributed by atoms with Crippen LogP contribution in [0.4, 0.5) is 5.82 Å². The van der Waals surface area contributed by atoms with E-state index in [1.54, 1.807) is 24.3 Å². The number of carbonyl (C=O) groups is 1. The molecule has 17 heavy (non-hydrogen) atoms.